The van der Waals surface area contributed by atoms with Crippen LogP contribution in [0, 0.1) is 0 Å². The van der Waals surface area contributed by atoms with Gasteiger partial charge in [0.1, 0.15) is 0 Å². The van der Waals surface area contributed by atoms with E-state index in [9.17, 15) is 16.8 Å². The molecule has 0 aliphatic heterocycles. The number of hydrogen-bond donors (Lipinski definition) is 3. The van der Waals surface area contributed by atoms with Crippen molar-refractivity contribution in [2.45, 2.75) is 15.8 Å². The molecule has 3 rings (SSSR count). The molecule has 0 atom stereocenters. The van der Waals surface area contributed by atoms with Gasteiger partial charge in [0, 0.05) is 0 Å². The Morgan fingerprint density at radius 3 is 1.41 bits per heavy atom. The second kappa shape index (κ2) is 4.61. The molecule has 0 aromatic heterocycles. The van der Waals surface area contributed by atoms with Crippen LogP contribution in [0.15, 0.2) is 46.2 Å². The van der Waals surface area contributed by atoms with Crippen LogP contribution in [0.25, 0.3) is 11.1 Å². The summed E-state index contributed by atoms with van der Waals surface area (Å²) < 4.78 is 45.8. The third kappa shape index (κ3) is 2.32. The van der Waals surface area contributed by atoms with Crippen LogP contribution in [-0.2, 0) is 20.0 Å². The van der Waals surface area contributed by atoms with Crippen molar-refractivity contribution in [1.29, 1.82) is 0 Å². The molecule has 6 N–H and O–H groups in total. The number of nitrogens with two attached hydrogens (primary N) is 3. The Kier molecular flexibility index (Phi) is 3.17. The van der Waals surface area contributed by atoms with Crippen molar-refractivity contribution in [3.63, 3.8) is 0 Å². The molecule has 0 fully saturated rings. The van der Waals surface area contributed by atoms with Crippen LogP contribution in [-0.4, -0.2) is 16.8 Å². The maximum absolute atomic E-state index is 11.4. The van der Waals surface area contributed by atoms with Gasteiger partial charge in [-0.15, -0.1) is 0 Å². The van der Waals surface area contributed by atoms with E-state index >= 15 is 0 Å². The number of rotatable bonds is 2. The van der Waals surface area contributed by atoms with E-state index in [0.717, 1.165) is 11.1 Å². The zero-order chi connectivity index (χ0) is 16.3. The van der Waals surface area contributed by atoms with E-state index in [1.807, 2.05) is 0 Å². The first-order chi connectivity index (χ1) is 10.1. The molecule has 116 valence electrons. The molecule has 0 unspecified atom stereocenters. The van der Waals surface area contributed by atoms with Gasteiger partial charge in [0.2, 0.25) is 20.0 Å². The third-order valence-corrected chi connectivity index (χ3v) is 5.49. The zero-order valence-electron chi connectivity index (χ0n) is 11.2. The molecule has 0 heterocycles. The van der Waals surface area contributed by atoms with Gasteiger partial charge in [0.25, 0.3) is 0 Å². The van der Waals surface area contributed by atoms with Gasteiger partial charge in [0.05, 0.1) is 15.8 Å². The monoisotopic (exact) mass is 339 g/mol. The van der Waals surface area contributed by atoms with Crippen LogP contribution in [0.2, 0.25) is 0 Å². The van der Waals surface area contributed by atoms with Gasteiger partial charge in [-0.05, 0) is 46.5 Å². The third-order valence-electron chi connectivity index (χ3n) is 3.66. The molecule has 7 nitrogen and oxygen atoms in total. The fourth-order valence-corrected chi connectivity index (χ4v) is 3.71. The first-order valence-electron chi connectivity index (χ1n) is 6.18. The average molecular weight is 339 g/mol. The molecule has 0 saturated heterocycles. The van der Waals surface area contributed by atoms with Crippen LogP contribution in [0.5, 0.6) is 0 Å². The fourth-order valence-electron chi connectivity index (χ4n) is 2.61. The van der Waals surface area contributed by atoms with Crippen LogP contribution < -0.4 is 16.0 Å². The molecule has 0 spiro atoms. The van der Waals surface area contributed by atoms with Crippen molar-refractivity contribution < 1.29 is 16.8 Å². The number of primary sulfonamides is 2. The van der Waals surface area contributed by atoms with E-state index in [1.54, 1.807) is 12.1 Å². The van der Waals surface area contributed by atoms with Crippen LogP contribution in [0.4, 0.5) is 0 Å². The normalized spacial score (nSPS) is 14.7. The highest BCUT2D eigenvalue weighted by atomic mass is 32.2. The lowest BCUT2D eigenvalue weighted by Gasteiger charge is -2.08. The van der Waals surface area contributed by atoms with Gasteiger partial charge in [-0.1, -0.05) is 12.1 Å². The van der Waals surface area contributed by atoms with Crippen LogP contribution >= 0.6 is 0 Å². The molecule has 1 aliphatic rings. The Morgan fingerprint density at radius 2 is 1.09 bits per heavy atom. The van der Waals surface area contributed by atoms with Gasteiger partial charge < -0.3 is 5.73 Å². The van der Waals surface area contributed by atoms with E-state index < -0.39 is 26.1 Å². The first-order valence-corrected chi connectivity index (χ1v) is 9.28. The lowest BCUT2D eigenvalue weighted by atomic mass is 10.1. The highest BCUT2D eigenvalue weighted by molar-refractivity contribution is 7.89. The lowest BCUT2D eigenvalue weighted by Crippen LogP contribution is -2.15. The number of sulfonamides is 2. The molecule has 22 heavy (non-hydrogen) atoms. The van der Waals surface area contributed by atoms with Crippen molar-refractivity contribution in [3.8, 4) is 11.1 Å². The molecule has 1 aliphatic carbocycles. The summed E-state index contributed by atoms with van der Waals surface area (Å²) in [6.07, 6.45) is 0. The van der Waals surface area contributed by atoms with E-state index in [2.05, 4.69) is 0 Å². The van der Waals surface area contributed by atoms with E-state index in [-0.39, 0.29) is 9.79 Å². The predicted octanol–water partition coefficient (Wildman–Crippen LogP) is 0.00990. The Balaban J connectivity index is 2.22. The molecule has 0 amide bonds. The van der Waals surface area contributed by atoms with Crippen LogP contribution in [0.3, 0.4) is 0 Å². The topological polar surface area (TPSA) is 146 Å². The largest absolute Gasteiger partial charge is 0.320 e. The van der Waals surface area contributed by atoms with Gasteiger partial charge in [0.15, 0.2) is 0 Å². The maximum atomic E-state index is 11.4. The summed E-state index contributed by atoms with van der Waals surface area (Å²) in [4.78, 5) is -0.0812. The SMILES string of the molecule is NC1c2cc(S(N)(=O)=O)ccc2-c2ccc(S(N)(=O)=O)cc21. The van der Waals surface area contributed by atoms with Crippen molar-refractivity contribution in [3.05, 3.63) is 47.5 Å². The van der Waals surface area contributed by atoms with Gasteiger partial charge >= 0.3 is 0 Å². The van der Waals surface area contributed by atoms with Gasteiger partial charge in [-0.2, -0.15) is 0 Å². The van der Waals surface area contributed by atoms with Crippen molar-refractivity contribution in [1.82, 2.24) is 0 Å². The van der Waals surface area contributed by atoms with Crippen molar-refractivity contribution in [2.75, 3.05) is 0 Å². The number of fused-ring (bicyclic) bond motifs is 3. The summed E-state index contributed by atoms with van der Waals surface area (Å²) in [5.41, 5.74) is 8.76. The Morgan fingerprint density at radius 1 is 0.727 bits per heavy atom. The summed E-state index contributed by atoms with van der Waals surface area (Å²) in [5, 5.41) is 10.2. The molecular formula is C13H13N3O4S2. The molecule has 0 radical (unpaired) electrons. The summed E-state index contributed by atoms with van der Waals surface area (Å²) in [6, 6.07) is 8.17. The second-order valence-electron chi connectivity index (χ2n) is 5.07. The van der Waals surface area contributed by atoms with Crippen molar-refractivity contribution in [2.24, 2.45) is 16.0 Å². The number of benzene rings is 2. The van der Waals surface area contributed by atoms with Gasteiger partial charge in [-0.25, -0.2) is 27.1 Å². The van der Waals surface area contributed by atoms with Crippen LogP contribution in [0.1, 0.15) is 17.2 Å². The summed E-state index contributed by atoms with van der Waals surface area (Å²) in [5.74, 6) is 0. The fraction of sp³-hybridized carbons (Fsp3) is 0.0769. The van der Waals surface area contributed by atoms with E-state index in [4.69, 9.17) is 16.0 Å². The predicted molar refractivity (Wildman–Crippen MR) is 80.7 cm³/mol. The minimum Gasteiger partial charge on any atom is -0.320 e. The molecule has 2 aromatic carbocycles. The molecule has 0 saturated carbocycles. The standard InChI is InChI=1S/C13H13N3O4S2/c14-13-11-5-7(21(15,17)18)1-3-9(11)10-4-2-8(6-12(10)13)22(16,19)20/h1-6,13H,14H2,(H2,15,17,18)(H2,16,19,20). The second-order valence-corrected chi connectivity index (χ2v) is 8.19. The first kappa shape index (κ1) is 15.1. The highest BCUT2D eigenvalue weighted by Gasteiger charge is 2.28. The Labute approximate surface area is 127 Å². The van der Waals surface area contributed by atoms with Crippen molar-refractivity contribution >= 4 is 20.0 Å². The minimum atomic E-state index is -3.84. The molecular weight excluding hydrogens is 326 g/mol. The summed E-state index contributed by atoms with van der Waals surface area (Å²) in [7, 11) is -7.68. The molecule has 9 heteroatoms. The average Bonchev–Trinajstić information content (AvgIpc) is 2.70. The molecule has 0 bridgehead atoms. The van der Waals surface area contributed by atoms with E-state index in [1.165, 1.54) is 24.3 Å². The quantitative estimate of drug-likeness (QED) is 0.705. The number of hydrogen-bond acceptors (Lipinski definition) is 5. The summed E-state index contributed by atoms with van der Waals surface area (Å²) in [6.45, 7) is 0. The minimum absolute atomic E-state index is 0.0406. The Hall–Kier alpha value is -1.78. The Bertz CT molecular complexity index is 916. The zero-order valence-corrected chi connectivity index (χ0v) is 12.9. The van der Waals surface area contributed by atoms with Gasteiger partial charge in [-0.3, -0.25) is 0 Å². The maximum Gasteiger partial charge on any atom is 0.238 e. The summed E-state index contributed by atoms with van der Waals surface area (Å²) >= 11 is 0. The molecule has 2 aromatic rings. The lowest BCUT2D eigenvalue weighted by molar-refractivity contribution is 0.596. The van der Waals surface area contributed by atoms with E-state index in [0.29, 0.717) is 11.1 Å². The highest BCUT2D eigenvalue weighted by Crippen LogP contribution is 2.43. The smallest absolute Gasteiger partial charge is 0.238 e.